The Balaban J connectivity index is 0.000000105. The van der Waals surface area contributed by atoms with Crippen molar-refractivity contribution in [1.29, 1.82) is 0 Å². The summed E-state index contributed by atoms with van der Waals surface area (Å²) in [6, 6.07) is 0. The quantitative estimate of drug-likeness (QED) is 0.298. The normalized spacial score (nSPS) is 19.1. The number of hydrogen-bond acceptors (Lipinski definition) is 3. The van der Waals surface area contributed by atoms with Gasteiger partial charge in [0.15, 0.2) is 0 Å². The zero-order valence-electron chi connectivity index (χ0n) is 3.72. The third kappa shape index (κ3) is 92.3. The standard InChI is InChI=1S/C2H5N.H3NO2S/c1-2-3-1;1-4(2)3/h3H,1-2H2;1H2,(H,2,3)/p-1. The predicted octanol–water partition coefficient (Wildman–Crippen LogP) is -1.67. The summed E-state index contributed by atoms with van der Waals surface area (Å²) in [6.45, 7) is 2.50. The molecule has 0 bridgehead atoms. The van der Waals surface area contributed by atoms with Crippen molar-refractivity contribution >= 4 is 11.3 Å². The van der Waals surface area contributed by atoms with Crippen molar-refractivity contribution in [3.8, 4) is 0 Å². The molecule has 5 heteroatoms. The fraction of sp³-hybridized carbons (Fsp3) is 1.00. The molecule has 0 aromatic carbocycles. The van der Waals surface area contributed by atoms with E-state index in [4.69, 9.17) is 8.76 Å². The highest BCUT2D eigenvalue weighted by Crippen LogP contribution is 1.65. The predicted molar refractivity (Wildman–Crippen MR) is 26.0 cm³/mol. The number of rotatable bonds is 0. The van der Waals surface area contributed by atoms with Gasteiger partial charge < -0.3 is 9.87 Å². The fourth-order valence-corrected chi connectivity index (χ4v) is 0. The second-order valence-electron chi connectivity index (χ2n) is 1.01. The van der Waals surface area contributed by atoms with Crippen molar-refractivity contribution in [3.63, 3.8) is 0 Å². The Morgan fingerprint density at radius 2 is 1.86 bits per heavy atom. The van der Waals surface area contributed by atoms with Crippen LogP contribution in [0, 0.1) is 0 Å². The van der Waals surface area contributed by atoms with Gasteiger partial charge in [-0.1, -0.05) is 0 Å². The molecule has 0 aromatic rings. The molecule has 4 nitrogen and oxygen atoms in total. The van der Waals surface area contributed by atoms with Crippen LogP contribution in [0.25, 0.3) is 0 Å². The van der Waals surface area contributed by atoms with Crippen LogP contribution >= 0.6 is 0 Å². The van der Waals surface area contributed by atoms with Gasteiger partial charge in [-0.25, -0.2) is 0 Å². The van der Waals surface area contributed by atoms with Crippen LogP contribution in [0.3, 0.4) is 0 Å². The lowest BCUT2D eigenvalue weighted by molar-refractivity contribution is 0.539. The van der Waals surface area contributed by atoms with Gasteiger partial charge in [-0.3, -0.25) is 9.35 Å². The number of hydrogen-bond donors (Lipinski definition) is 2. The topological polar surface area (TPSA) is 88.1 Å². The van der Waals surface area contributed by atoms with Crippen molar-refractivity contribution in [1.82, 2.24) is 5.32 Å². The highest BCUT2D eigenvalue weighted by Gasteiger charge is 1.91. The maximum absolute atomic E-state index is 8.78. The summed E-state index contributed by atoms with van der Waals surface area (Å²) in [6.07, 6.45) is 0. The third-order valence-corrected chi connectivity index (χ3v) is 0.250. The number of nitrogens with one attached hydrogen (secondary N) is 1. The Bertz CT molecular complexity index is 58.0. The van der Waals surface area contributed by atoms with E-state index in [1.165, 1.54) is 13.1 Å². The van der Waals surface area contributed by atoms with Crippen LogP contribution in [0.15, 0.2) is 0 Å². The van der Waals surface area contributed by atoms with Crippen molar-refractivity contribution in [3.05, 3.63) is 0 Å². The molecule has 0 saturated carbocycles. The van der Waals surface area contributed by atoms with E-state index in [1.54, 1.807) is 0 Å². The average Bonchev–Trinajstić information content (AvgIpc) is 2.02. The molecule has 0 amide bonds. The summed E-state index contributed by atoms with van der Waals surface area (Å²) in [5.74, 6) is 0. The first kappa shape index (κ1) is 7.03. The van der Waals surface area contributed by atoms with Gasteiger partial charge >= 0.3 is 0 Å². The van der Waals surface area contributed by atoms with Crippen LogP contribution in [-0.2, 0) is 11.3 Å². The van der Waals surface area contributed by atoms with Crippen molar-refractivity contribution < 1.29 is 8.76 Å². The summed E-state index contributed by atoms with van der Waals surface area (Å²) in [7, 11) is 0. The van der Waals surface area contributed by atoms with Crippen LogP contribution in [0.2, 0.25) is 0 Å². The lowest BCUT2D eigenvalue weighted by Crippen LogP contribution is -1.97. The van der Waals surface area contributed by atoms with E-state index in [0.717, 1.165) is 0 Å². The van der Waals surface area contributed by atoms with Crippen molar-refractivity contribution in [2.75, 3.05) is 13.1 Å². The summed E-state index contributed by atoms with van der Waals surface area (Å²) >= 11 is -2.36. The maximum Gasteiger partial charge on any atom is 0.0152 e. The van der Waals surface area contributed by atoms with E-state index in [9.17, 15) is 0 Å². The molecule has 1 rings (SSSR count). The largest absolute Gasteiger partial charge is 0.760 e. The molecule has 0 aliphatic carbocycles. The second kappa shape index (κ2) is 4.20. The molecular weight excluding hydrogens is 116 g/mol. The zero-order chi connectivity index (χ0) is 5.70. The number of nitrogens with two attached hydrogens (primary N) is 1. The summed E-state index contributed by atoms with van der Waals surface area (Å²) in [5.41, 5.74) is 0. The zero-order valence-corrected chi connectivity index (χ0v) is 4.53. The Morgan fingerprint density at radius 1 is 1.71 bits per heavy atom. The van der Waals surface area contributed by atoms with Crippen LogP contribution in [0.5, 0.6) is 0 Å². The Kier molecular flexibility index (Phi) is 4.21. The van der Waals surface area contributed by atoms with Gasteiger partial charge in [0.25, 0.3) is 0 Å². The van der Waals surface area contributed by atoms with E-state index in [0.29, 0.717) is 0 Å². The molecule has 3 N–H and O–H groups in total. The van der Waals surface area contributed by atoms with Gasteiger partial charge in [-0.2, -0.15) is 0 Å². The van der Waals surface area contributed by atoms with E-state index in [2.05, 4.69) is 10.5 Å². The molecule has 1 fully saturated rings. The van der Waals surface area contributed by atoms with E-state index >= 15 is 0 Å². The molecule has 1 heterocycles. The van der Waals surface area contributed by atoms with E-state index in [1.807, 2.05) is 0 Å². The maximum atomic E-state index is 8.78. The molecule has 1 aliphatic rings. The fourth-order valence-electron chi connectivity index (χ4n) is 0. The van der Waals surface area contributed by atoms with E-state index in [-0.39, 0.29) is 0 Å². The van der Waals surface area contributed by atoms with Crippen LogP contribution in [0.4, 0.5) is 0 Å². The molecule has 0 spiro atoms. The van der Waals surface area contributed by atoms with Crippen molar-refractivity contribution in [2.24, 2.45) is 5.14 Å². The molecule has 44 valence electrons. The van der Waals surface area contributed by atoms with Gasteiger partial charge in [0.1, 0.15) is 0 Å². The average molecular weight is 123 g/mol. The minimum Gasteiger partial charge on any atom is -0.760 e. The molecular formula is C2H7N2O2S-. The molecule has 0 radical (unpaired) electrons. The summed E-state index contributed by atoms with van der Waals surface area (Å²) in [5, 5.41) is 7.03. The van der Waals surface area contributed by atoms with Crippen molar-refractivity contribution in [2.45, 2.75) is 0 Å². The molecule has 7 heavy (non-hydrogen) atoms. The van der Waals surface area contributed by atoms with Gasteiger partial charge in [-0.15, -0.1) is 0 Å². The summed E-state index contributed by atoms with van der Waals surface area (Å²) < 4.78 is 17.6. The SMILES string of the molecule is C1CN1.NS(=O)[O-]. The second-order valence-corrected chi connectivity index (χ2v) is 1.53. The monoisotopic (exact) mass is 123 g/mol. The highest BCUT2D eigenvalue weighted by molar-refractivity contribution is 7.76. The van der Waals surface area contributed by atoms with Crippen LogP contribution < -0.4 is 10.5 Å². The summed E-state index contributed by atoms with van der Waals surface area (Å²) in [4.78, 5) is 0. The molecule has 0 aromatic heterocycles. The minimum absolute atomic E-state index is 1.25. The highest BCUT2D eigenvalue weighted by atomic mass is 32.2. The minimum atomic E-state index is -2.36. The third-order valence-electron chi connectivity index (χ3n) is 0.250. The Labute approximate surface area is 44.5 Å². The van der Waals surface area contributed by atoms with Gasteiger partial charge in [0.05, 0.1) is 0 Å². The molecule has 1 saturated heterocycles. The van der Waals surface area contributed by atoms with E-state index < -0.39 is 11.3 Å². The van der Waals surface area contributed by atoms with Crippen LogP contribution in [-0.4, -0.2) is 21.9 Å². The first-order valence-electron chi connectivity index (χ1n) is 1.78. The molecule has 1 unspecified atom stereocenters. The van der Waals surface area contributed by atoms with Gasteiger partial charge in [0.2, 0.25) is 0 Å². The Hall–Kier alpha value is 0.0300. The first-order valence-corrected chi connectivity index (χ1v) is 2.91. The molecule has 1 atom stereocenters. The Morgan fingerprint density at radius 3 is 1.86 bits per heavy atom. The lowest BCUT2D eigenvalue weighted by atomic mass is 11.0. The van der Waals surface area contributed by atoms with Gasteiger partial charge in [-0.05, 0) is 0 Å². The smallest absolute Gasteiger partial charge is 0.0152 e. The first-order chi connectivity index (χ1) is 3.23. The lowest BCUT2D eigenvalue weighted by Gasteiger charge is -1.85. The van der Waals surface area contributed by atoms with Gasteiger partial charge in [0, 0.05) is 24.4 Å². The molecule has 1 aliphatic heterocycles. The van der Waals surface area contributed by atoms with Crippen LogP contribution in [0.1, 0.15) is 0 Å².